The third-order valence-electron chi connectivity index (χ3n) is 2.05. The first-order chi connectivity index (χ1) is 8.31. The quantitative estimate of drug-likeness (QED) is 0.459. The van der Waals surface area contributed by atoms with Gasteiger partial charge in [0.05, 0.1) is 8.95 Å². The molecule has 1 rings (SSSR count). The number of hydrogen-bond acceptors (Lipinski definition) is 3. The van der Waals surface area contributed by atoms with Crippen molar-refractivity contribution in [3.8, 4) is 0 Å². The predicted molar refractivity (Wildman–Crippen MR) is 85.1 cm³/mol. The monoisotopic (exact) mass is 526 g/mol. The maximum Gasteiger partial charge on any atom is 0.243 e. The summed E-state index contributed by atoms with van der Waals surface area (Å²) in [7, 11) is -3.58. The number of unbranched alkanes of at least 4 members (excludes halogenated alkanes) is 1. The van der Waals surface area contributed by atoms with Crippen LogP contribution < -0.4 is 4.72 Å². The lowest BCUT2D eigenvalue weighted by Gasteiger charge is -2.12. The molecule has 0 aliphatic rings. The Morgan fingerprint density at radius 1 is 1.11 bits per heavy atom. The van der Waals surface area contributed by atoms with Crippen molar-refractivity contribution in [2.45, 2.75) is 24.7 Å². The van der Waals surface area contributed by atoms with Crippen LogP contribution in [0.1, 0.15) is 19.8 Å². The summed E-state index contributed by atoms with van der Waals surface area (Å²) >= 11 is 12.9. The maximum atomic E-state index is 12.2. The zero-order chi connectivity index (χ0) is 13.9. The number of hydrogen-bond donors (Lipinski definition) is 1. The molecule has 0 saturated carbocycles. The lowest BCUT2D eigenvalue weighted by atomic mass is 10.3. The molecule has 9 heteroatoms. The van der Waals surface area contributed by atoms with Crippen molar-refractivity contribution in [2.24, 2.45) is 0 Å². The summed E-state index contributed by atoms with van der Waals surface area (Å²) in [6.45, 7) is 2.41. The third kappa shape index (κ3) is 3.99. The molecule has 1 heterocycles. The van der Waals surface area contributed by atoms with Crippen molar-refractivity contribution >= 4 is 73.7 Å². The minimum Gasteiger partial charge on any atom is -0.232 e. The zero-order valence-electron chi connectivity index (χ0n) is 9.31. The minimum absolute atomic E-state index is 0.132. The van der Waals surface area contributed by atoms with Gasteiger partial charge in [0.25, 0.3) is 0 Å². The van der Waals surface area contributed by atoms with Crippen LogP contribution >= 0.6 is 63.7 Å². The van der Waals surface area contributed by atoms with Crippen LogP contribution in [0.2, 0.25) is 0 Å². The molecule has 0 radical (unpaired) electrons. The number of sulfonamides is 1. The first kappa shape index (κ1) is 17.0. The van der Waals surface area contributed by atoms with Gasteiger partial charge in [0.1, 0.15) is 14.1 Å². The van der Waals surface area contributed by atoms with Crippen molar-refractivity contribution < 1.29 is 8.42 Å². The molecule has 102 valence electrons. The Morgan fingerprint density at radius 2 is 1.61 bits per heavy atom. The van der Waals surface area contributed by atoms with Gasteiger partial charge in [-0.25, -0.2) is 18.1 Å². The zero-order valence-corrected chi connectivity index (χ0v) is 16.5. The van der Waals surface area contributed by atoms with Crippen molar-refractivity contribution in [2.75, 3.05) is 6.54 Å². The fourth-order valence-corrected chi connectivity index (χ4v) is 5.75. The summed E-state index contributed by atoms with van der Waals surface area (Å²) in [6, 6.07) is 0. The summed E-state index contributed by atoms with van der Waals surface area (Å²) in [5.74, 6) is 0. The fourth-order valence-electron chi connectivity index (χ4n) is 1.16. The number of aromatic nitrogens is 1. The highest BCUT2D eigenvalue weighted by molar-refractivity contribution is 9.13. The van der Waals surface area contributed by atoms with E-state index in [4.69, 9.17) is 0 Å². The molecule has 4 nitrogen and oxygen atoms in total. The normalized spacial score (nSPS) is 11.8. The fraction of sp³-hybridized carbons (Fsp3) is 0.444. The SMILES string of the molecule is CCCCNS(=O)(=O)c1c(Br)c(Br)nc(Br)c1Br. The summed E-state index contributed by atoms with van der Waals surface area (Å²) in [5.41, 5.74) is 0. The van der Waals surface area contributed by atoms with Gasteiger partial charge < -0.3 is 0 Å². The smallest absolute Gasteiger partial charge is 0.232 e. The molecule has 0 atom stereocenters. The molecule has 0 saturated heterocycles. The Morgan fingerprint density at radius 3 is 2.06 bits per heavy atom. The predicted octanol–water partition coefficient (Wildman–Crippen LogP) is 4.21. The van der Waals surface area contributed by atoms with Gasteiger partial charge in [-0.05, 0) is 70.1 Å². The minimum atomic E-state index is -3.58. The number of rotatable bonds is 5. The summed E-state index contributed by atoms with van der Waals surface area (Å²) in [4.78, 5) is 4.22. The molecule has 1 aromatic heterocycles. The lowest BCUT2D eigenvalue weighted by molar-refractivity contribution is 0.577. The van der Waals surface area contributed by atoms with Gasteiger partial charge in [-0.1, -0.05) is 13.3 Å². The molecule has 1 aromatic rings. The second kappa shape index (κ2) is 7.12. The Hall–Kier alpha value is 0.980. The topological polar surface area (TPSA) is 59.1 Å². The van der Waals surface area contributed by atoms with Gasteiger partial charge in [0.15, 0.2) is 0 Å². The molecule has 0 amide bonds. The third-order valence-corrected chi connectivity index (χ3v) is 7.86. The Bertz CT molecular complexity index is 522. The molecular weight excluding hydrogens is 520 g/mol. The van der Waals surface area contributed by atoms with Crippen molar-refractivity contribution in [1.29, 1.82) is 0 Å². The molecule has 0 spiro atoms. The van der Waals surface area contributed by atoms with Crippen LogP contribution in [0.15, 0.2) is 23.0 Å². The maximum absolute atomic E-state index is 12.2. The first-order valence-corrected chi connectivity index (χ1v) is 9.66. The number of nitrogens with one attached hydrogen (secondary N) is 1. The van der Waals surface area contributed by atoms with E-state index in [1.54, 1.807) is 0 Å². The van der Waals surface area contributed by atoms with Crippen molar-refractivity contribution in [3.63, 3.8) is 0 Å². The van der Waals surface area contributed by atoms with E-state index >= 15 is 0 Å². The Kier molecular flexibility index (Phi) is 6.74. The van der Waals surface area contributed by atoms with E-state index < -0.39 is 10.0 Å². The van der Waals surface area contributed by atoms with E-state index in [0.717, 1.165) is 12.8 Å². The van der Waals surface area contributed by atoms with E-state index in [1.165, 1.54) is 0 Å². The van der Waals surface area contributed by atoms with E-state index in [9.17, 15) is 8.42 Å². The summed E-state index contributed by atoms with van der Waals surface area (Å²) in [6.07, 6.45) is 1.72. The second-order valence-corrected chi connectivity index (χ2v) is 8.19. The Labute approximate surface area is 140 Å². The van der Waals surface area contributed by atoms with Crippen LogP contribution in [0.3, 0.4) is 0 Å². The molecule has 0 bridgehead atoms. The molecule has 0 aliphatic carbocycles. The molecule has 0 unspecified atom stereocenters. The summed E-state index contributed by atoms with van der Waals surface area (Å²) in [5, 5.41) is 0. The van der Waals surface area contributed by atoms with Gasteiger partial charge in [-0.15, -0.1) is 0 Å². The highest BCUT2D eigenvalue weighted by atomic mass is 79.9. The van der Waals surface area contributed by atoms with E-state index in [-0.39, 0.29) is 4.90 Å². The highest BCUT2D eigenvalue weighted by Gasteiger charge is 2.25. The molecule has 0 aromatic carbocycles. The van der Waals surface area contributed by atoms with Crippen molar-refractivity contribution in [1.82, 2.24) is 9.71 Å². The molecule has 0 aliphatic heterocycles. The number of pyridine rings is 1. The van der Waals surface area contributed by atoms with Gasteiger partial charge in [-0.2, -0.15) is 0 Å². The van der Waals surface area contributed by atoms with Crippen LogP contribution in [0.4, 0.5) is 0 Å². The highest BCUT2D eigenvalue weighted by Crippen LogP contribution is 2.38. The van der Waals surface area contributed by atoms with Crippen molar-refractivity contribution in [3.05, 3.63) is 18.2 Å². The number of nitrogens with zero attached hydrogens (tertiary/aromatic N) is 1. The summed E-state index contributed by atoms with van der Waals surface area (Å²) < 4.78 is 28.6. The standard InChI is InChI=1S/C9H10Br4N2O2S/c1-2-3-4-14-18(16,17)7-5(10)8(12)15-9(13)6(7)11/h14H,2-4H2,1H3. The van der Waals surface area contributed by atoms with Crippen LogP contribution in [0, 0.1) is 0 Å². The first-order valence-electron chi connectivity index (χ1n) is 5.01. The van der Waals surface area contributed by atoms with Gasteiger partial charge in [0, 0.05) is 6.54 Å². The average molecular weight is 530 g/mol. The molecular formula is C9H10Br4N2O2S. The van der Waals surface area contributed by atoms with Gasteiger partial charge in [-0.3, -0.25) is 0 Å². The molecule has 0 fully saturated rings. The van der Waals surface area contributed by atoms with E-state index in [0.29, 0.717) is 24.7 Å². The van der Waals surface area contributed by atoms with Gasteiger partial charge in [0.2, 0.25) is 10.0 Å². The van der Waals surface area contributed by atoms with E-state index in [1.807, 2.05) is 6.92 Å². The van der Waals surface area contributed by atoms with Crippen LogP contribution in [0.25, 0.3) is 0 Å². The lowest BCUT2D eigenvalue weighted by Crippen LogP contribution is -2.25. The van der Waals surface area contributed by atoms with Crippen LogP contribution in [0.5, 0.6) is 0 Å². The molecule has 1 N–H and O–H groups in total. The van der Waals surface area contributed by atoms with Crippen LogP contribution in [-0.2, 0) is 10.0 Å². The van der Waals surface area contributed by atoms with Crippen LogP contribution in [-0.4, -0.2) is 19.9 Å². The van der Waals surface area contributed by atoms with Gasteiger partial charge >= 0.3 is 0 Å². The second-order valence-electron chi connectivity index (χ2n) is 3.40. The largest absolute Gasteiger partial charge is 0.243 e. The molecule has 18 heavy (non-hydrogen) atoms. The van der Waals surface area contributed by atoms with E-state index in [2.05, 4.69) is 73.4 Å². The Balaban J connectivity index is 3.24. The number of halogens is 4. The average Bonchev–Trinajstić information content (AvgIpc) is 2.26.